The number of nitrogens with zero attached hydrogens (tertiary/aromatic N) is 3. The first-order valence-electron chi connectivity index (χ1n) is 10.5. The second kappa shape index (κ2) is 11.4. The molecule has 0 saturated heterocycles. The van der Waals surface area contributed by atoms with E-state index in [4.69, 9.17) is 15.2 Å². The van der Waals surface area contributed by atoms with Gasteiger partial charge in [0.1, 0.15) is 18.7 Å². The lowest BCUT2D eigenvalue weighted by Gasteiger charge is -2.36. The molecule has 10 heteroatoms. The molecule has 2 rings (SSSR count). The highest BCUT2D eigenvalue weighted by molar-refractivity contribution is 5.94. The average molecular weight is 447 g/mol. The van der Waals surface area contributed by atoms with Crippen molar-refractivity contribution in [2.45, 2.75) is 65.5 Å². The normalized spacial score (nSPS) is 17.2. The van der Waals surface area contributed by atoms with Crippen LogP contribution < -0.4 is 5.73 Å². The molecule has 10 nitrogen and oxygen atoms in total. The molecule has 0 aromatic heterocycles. The molecule has 3 amide bonds. The van der Waals surface area contributed by atoms with E-state index in [1.807, 2.05) is 33.8 Å². The van der Waals surface area contributed by atoms with Gasteiger partial charge < -0.3 is 15.2 Å². The number of carbonyl (C=O) groups is 4. The van der Waals surface area contributed by atoms with Crippen LogP contribution in [0.25, 0.3) is 0 Å². The summed E-state index contributed by atoms with van der Waals surface area (Å²) in [4.78, 5) is 51.3. The summed E-state index contributed by atoms with van der Waals surface area (Å²) >= 11 is 0. The molecule has 0 spiro atoms. The minimum absolute atomic E-state index is 0.00396. The molecule has 1 aliphatic rings. The fraction of sp³-hybridized carbons (Fsp3) is 0.545. The van der Waals surface area contributed by atoms with Crippen LogP contribution in [-0.2, 0) is 25.7 Å². The predicted molar refractivity (Wildman–Crippen MR) is 114 cm³/mol. The third-order valence-corrected chi connectivity index (χ3v) is 4.83. The third-order valence-electron chi connectivity index (χ3n) is 4.83. The molecule has 2 N–H and O–H groups in total. The number of ether oxygens (including phenoxy) is 2. The minimum Gasteiger partial charge on any atom is -0.445 e. The van der Waals surface area contributed by atoms with Crippen LogP contribution in [0.2, 0.25) is 0 Å². The SMILES string of the molecule is CC(C)C[C@@H](C(N)=O)N(C(=O)OCc1ccccc1)[C@@H](CC(C)C)C(=O)C1N=NC(=O)O1. The van der Waals surface area contributed by atoms with Crippen molar-refractivity contribution in [3.05, 3.63) is 35.9 Å². The molecule has 3 atom stereocenters. The van der Waals surface area contributed by atoms with E-state index in [2.05, 4.69) is 10.2 Å². The smallest absolute Gasteiger partial charge is 0.445 e. The average Bonchev–Trinajstić information content (AvgIpc) is 3.16. The summed E-state index contributed by atoms with van der Waals surface area (Å²) in [6.07, 6.45) is -2.92. The summed E-state index contributed by atoms with van der Waals surface area (Å²) in [5.41, 5.74) is 6.39. The third kappa shape index (κ3) is 6.86. The molecule has 174 valence electrons. The van der Waals surface area contributed by atoms with Crippen LogP contribution in [-0.4, -0.2) is 47.1 Å². The molecule has 0 fully saturated rings. The van der Waals surface area contributed by atoms with Gasteiger partial charge in [-0.15, -0.1) is 5.11 Å². The maximum absolute atomic E-state index is 13.2. The van der Waals surface area contributed by atoms with Crippen LogP contribution in [0.5, 0.6) is 0 Å². The molecule has 1 heterocycles. The number of ketones is 1. The van der Waals surface area contributed by atoms with Gasteiger partial charge in [0.05, 0.1) is 0 Å². The Kier molecular flexibility index (Phi) is 8.86. The van der Waals surface area contributed by atoms with Crippen molar-refractivity contribution >= 4 is 23.9 Å². The van der Waals surface area contributed by atoms with Crippen molar-refractivity contribution in [3.63, 3.8) is 0 Å². The van der Waals surface area contributed by atoms with E-state index in [0.717, 1.165) is 10.5 Å². The maximum Gasteiger partial charge on any atom is 0.454 e. The standard InChI is InChI=1S/C22H30N4O6/c1-13(2)10-16(18(27)20-24-25-21(29)32-20)26(17(19(23)28)11-14(3)4)22(30)31-12-15-8-6-5-7-9-15/h5-9,13-14,16-17,20H,10-12H2,1-4H3,(H2,23,28)/t16-,17-,20?/m0/s1. The predicted octanol–water partition coefficient (Wildman–Crippen LogP) is 3.44. The number of cyclic esters (lactones) is 1. The summed E-state index contributed by atoms with van der Waals surface area (Å²) in [7, 11) is 0. The van der Waals surface area contributed by atoms with E-state index in [1.54, 1.807) is 24.3 Å². The Balaban J connectivity index is 2.39. The number of carbonyl (C=O) groups excluding carboxylic acids is 4. The van der Waals surface area contributed by atoms with Gasteiger partial charge in [-0.3, -0.25) is 14.5 Å². The van der Waals surface area contributed by atoms with Crippen molar-refractivity contribution in [1.29, 1.82) is 0 Å². The number of azo groups is 1. The van der Waals surface area contributed by atoms with Gasteiger partial charge in [-0.1, -0.05) is 63.1 Å². The fourth-order valence-corrected chi connectivity index (χ4v) is 3.41. The van der Waals surface area contributed by atoms with Gasteiger partial charge >= 0.3 is 12.2 Å². The lowest BCUT2D eigenvalue weighted by molar-refractivity contribution is -0.135. The highest BCUT2D eigenvalue weighted by atomic mass is 16.6. The lowest BCUT2D eigenvalue weighted by atomic mass is 9.94. The van der Waals surface area contributed by atoms with E-state index < -0.39 is 42.2 Å². The van der Waals surface area contributed by atoms with E-state index >= 15 is 0 Å². The highest BCUT2D eigenvalue weighted by Crippen LogP contribution is 2.25. The summed E-state index contributed by atoms with van der Waals surface area (Å²) in [6.45, 7) is 7.41. The number of Topliss-reactive ketones (excluding diaryl/α,β-unsaturated/α-hetero) is 1. The number of nitrogens with two attached hydrogens (primary N) is 1. The summed E-state index contributed by atoms with van der Waals surface area (Å²) in [6, 6.07) is 6.76. The summed E-state index contributed by atoms with van der Waals surface area (Å²) in [5, 5.41) is 6.78. The first kappa shape index (κ1) is 25.0. The Labute approximate surface area is 187 Å². The molecule has 1 unspecified atom stereocenters. The van der Waals surface area contributed by atoms with Gasteiger partial charge in [-0.05, 0) is 30.2 Å². The van der Waals surface area contributed by atoms with E-state index in [-0.39, 0.29) is 31.3 Å². The second-order valence-corrected chi connectivity index (χ2v) is 8.49. The first-order chi connectivity index (χ1) is 15.1. The van der Waals surface area contributed by atoms with Crippen LogP contribution in [0.1, 0.15) is 46.1 Å². The molecular formula is C22H30N4O6. The zero-order valence-electron chi connectivity index (χ0n) is 18.8. The Bertz CT molecular complexity index is 855. The summed E-state index contributed by atoms with van der Waals surface area (Å²) < 4.78 is 10.3. The first-order valence-corrected chi connectivity index (χ1v) is 10.5. The van der Waals surface area contributed by atoms with Gasteiger partial charge in [-0.2, -0.15) is 0 Å². The molecular weight excluding hydrogens is 416 g/mol. The van der Waals surface area contributed by atoms with Crippen LogP contribution in [0, 0.1) is 11.8 Å². The molecule has 0 bridgehead atoms. The van der Waals surface area contributed by atoms with Crippen molar-refractivity contribution < 1.29 is 28.7 Å². The molecule has 0 aliphatic carbocycles. The van der Waals surface area contributed by atoms with Gasteiger partial charge in [-0.25, -0.2) is 9.59 Å². The van der Waals surface area contributed by atoms with E-state index in [9.17, 15) is 19.2 Å². The zero-order valence-corrected chi connectivity index (χ0v) is 18.8. The number of amides is 3. The van der Waals surface area contributed by atoms with Crippen molar-refractivity contribution in [1.82, 2.24) is 4.90 Å². The Morgan fingerprint density at radius 1 is 1.06 bits per heavy atom. The van der Waals surface area contributed by atoms with Gasteiger partial charge in [0.2, 0.25) is 11.7 Å². The number of hydrogen-bond donors (Lipinski definition) is 1. The minimum atomic E-state index is -1.48. The van der Waals surface area contributed by atoms with E-state index in [0.29, 0.717) is 0 Å². The molecule has 0 radical (unpaired) electrons. The zero-order chi connectivity index (χ0) is 23.8. The Hall–Kier alpha value is -3.30. The number of primary amides is 1. The van der Waals surface area contributed by atoms with E-state index in [1.165, 1.54) is 0 Å². The molecule has 1 aromatic rings. The van der Waals surface area contributed by atoms with Gasteiger partial charge in [0.15, 0.2) is 0 Å². The van der Waals surface area contributed by atoms with Gasteiger partial charge in [0, 0.05) is 0 Å². The fourth-order valence-electron chi connectivity index (χ4n) is 3.41. The molecule has 1 aromatic carbocycles. The van der Waals surface area contributed by atoms with Crippen LogP contribution in [0.4, 0.5) is 9.59 Å². The van der Waals surface area contributed by atoms with Crippen molar-refractivity contribution in [3.8, 4) is 0 Å². The molecule has 32 heavy (non-hydrogen) atoms. The van der Waals surface area contributed by atoms with Crippen LogP contribution >= 0.6 is 0 Å². The Morgan fingerprint density at radius 3 is 2.16 bits per heavy atom. The van der Waals surface area contributed by atoms with Crippen molar-refractivity contribution in [2.75, 3.05) is 0 Å². The van der Waals surface area contributed by atoms with Crippen LogP contribution in [0.15, 0.2) is 40.6 Å². The Morgan fingerprint density at radius 2 is 1.66 bits per heavy atom. The molecule has 1 aliphatic heterocycles. The maximum atomic E-state index is 13.2. The quantitative estimate of drug-likeness (QED) is 0.552. The number of hydrogen-bond acceptors (Lipinski definition) is 7. The summed E-state index contributed by atoms with van der Waals surface area (Å²) in [5.74, 6) is -1.48. The highest BCUT2D eigenvalue weighted by Gasteiger charge is 2.44. The topological polar surface area (TPSA) is 141 Å². The number of rotatable bonds is 11. The van der Waals surface area contributed by atoms with Crippen molar-refractivity contribution in [2.24, 2.45) is 27.8 Å². The van der Waals surface area contributed by atoms with Crippen LogP contribution in [0.3, 0.4) is 0 Å². The number of benzene rings is 1. The lowest BCUT2D eigenvalue weighted by Crippen LogP contribution is -2.57. The largest absolute Gasteiger partial charge is 0.454 e. The van der Waals surface area contributed by atoms with Gasteiger partial charge in [0.25, 0.3) is 6.23 Å². The monoisotopic (exact) mass is 446 g/mol. The molecule has 0 saturated carbocycles. The second-order valence-electron chi connectivity index (χ2n) is 8.49.